The molecule has 36 heavy (non-hydrogen) atoms. The molecule has 1 aliphatic rings. The van der Waals surface area contributed by atoms with Crippen molar-refractivity contribution in [1.82, 2.24) is 30.1 Å². The third kappa shape index (κ3) is 4.17. The quantitative estimate of drug-likeness (QED) is 0.304. The highest BCUT2D eigenvalue weighted by Gasteiger charge is 2.19. The van der Waals surface area contributed by atoms with Crippen LogP contribution in [0.15, 0.2) is 48.9 Å². The van der Waals surface area contributed by atoms with Gasteiger partial charge in [-0.1, -0.05) is 13.0 Å². The zero-order valence-corrected chi connectivity index (χ0v) is 20.2. The number of H-pyrrole nitrogens is 2. The Kier molecular flexibility index (Phi) is 5.80. The van der Waals surface area contributed by atoms with Crippen molar-refractivity contribution in [3.63, 3.8) is 0 Å². The fraction of sp³-hybridized carbons (Fsp3) is 0.296. The number of amides is 1. The van der Waals surface area contributed by atoms with Crippen LogP contribution < -0.4 is 10.2 Å². The van der Waals surface area contributed by atoms with E-state index in [2.05, 4.69) is 53.6 Å². The molecule has 1 aliphatic heterocycles. The number of imidazole rings is 1. The molecule has 1 amide bonds. The van der Waals surface area contributed by atoms with Crippen LogP contribution in [0.1, 0.15) is 39.0 Å². The first kappa shape index (κ1) is 22.2. The van der Waals surface area contributed by atoms with Gasteiger partial charge in [-0.3, -0.25) is 19.9 Å². The van der Waals surface area contributed by atoms with Crippen molar-refractivity contribution in [2.24, 2.45) is 0 Å². The topological polar surface area (TPSA) is 115 Å². The summed E-state index contributed by atoms with van der Waals surface area (Å²) in [7, 11) is 0. The average Bonchev–Trinajstić information content (AvgIpc) is 3.53. The number of hydrogen-bond acceptors (Lipinski definition) is 6. The minimum atomic E-state index is -0.0224. The Labute approximate surface area is 208 Å². The zero-order chi connectivity index (χ0) is 24.5. The molecule has 5 aromatic rings. The second kappa shape index (κ2) is 9.41. The highest BCUT2D eigenvalue weighted by atomic mass is 16.1. The van der Waals surface area contributed by atoms with Crippen LogP contribution in [0.3, 0.4) is 0 Å². The first-order chi connectivity index (χ1) is 17.7. The molecule has 0 bridgehead atoms. The van der Waals surface area contributed by atoms with Gasteiger partial charge >= 0.3 is 0 Å². The number of carbonyl (C=O) groups excluding carboxylic acids is 1. The summed E-state index contributed by atoms with van der Waals surface area (Å²) in [5, 5.41) is 11.5. The standard InChI is InChI=1S/C27H28N8O/c1-2-7-24(36)30-18-12-17(14-28-15-18)21-13-19-22(16-29-21)33-34-25(19)27-31-20-8-6-9-23(26(20)32-27)35-10-4-3-5-11-35/h6,8-9,12-16H,2-5,7,10-11H2,1H3,(H,30,36)(H,31,32)(H,33,34). The van der Waals surface area contributed by atoms with Crippen molar-refractivity contribution in [3.8, 4) is 22.8 Å². The highest BCUT2D eigenvalue weighted by Crippen LogP contribution is 2.33. The number of nitrogens with zero attached hydrogens (tertiary/aromatic N) is 5. The summed E-state index contributed by atoms with van der Waals surface area (Å²) in [4.78, 5) is 31.8. The van der Waals surface area contributed by atoms with Crippen LogP contribution in [0.25, 0.3) is 44.7 Å². The third-order valence-corrected chi connectivity index (χ3v) is 6.65. The summed E-state index contributed by atoms with van der Waals surface area (Å²) in [6, 6.07) is 10.2. The van der Waals surface area contributed by atoms with Gasteiger partial charge in [0.2, 0.25) is 5.91 Å². The van der Waals surface area contributed by atoms with Gasteiger partial charge in [-0.15, -0.1) is 0 Å². The number of pyridine rings is 2. The normalized spacial score (nSPS) is 14.0. The monoisotopic (exact) mass is 480 g/mol. The number of benzene rings is 1. The smallest absolute Gasteiger partial charge is 0.224 e. The Hall–Kier alpha value is -4.27. The molecule has 182 valence electrons. The van der Waals surface area contributed by atoms with Crippen molar-refractivity contribution >= 4 is 39.2 Å². The van der Waals surface area contributed by atoms with E-state index in [0.29, 0.717) is 12.1 Å². The number of carbonyl (C=O) groups is 1. The fourth-order valence-electron chi connectivity index (χ4n) is 4.87. The first-order valence-corrected chi connectivity index (χ1v) is 12.5. The number of anilines is 2. The van der Waals surface area contributed by atoms with Crippen LogP contribution >= 0.6 is 0 Å². The van der Waals surface area contributed by atoms with Crippen molar-refractivity contribution in [1.29, 1.82) is 0 Å². The number of aromatic nitrogens is 6. The molecule has 0 unspecified atom stereocenters. The Balaban J connectivity index is 1.37. The Morgan fingerprint density at radius 3 is 2.83 bits per heavy atom. The second-order valence-corrected chi connectivity index (χ2v) is 9.25. The summed E-state index contributed by atoms with van der Waals surface area (Å²) in [6.07, 6.45) is 10.1. The molecule has 6 rings (SSSR count). The number of fused-ring (bicyclic) bond motifs is 2. The fourth-order valence-corrected chi connectivity index (χ4v) is 4.87. The van der Waals surface area contributed by atoms with E-state index < -0.39 is 0 Å². The van der Waals surface area contributed by atoms with Gasteiger partial charge in [-0.25, -0.2) is 4.98 Å². The molecule has 1 aromatic carbocycles. The van der Waals surface area contributed by atoms with Gasteiger partial charge in [-0.05, 0) is 49.9 Å². The largest absolute Gasteiger partial charge is 0.370 e. The SMILES string of the molecule is CCCC(=O)Nc1cncc(-c2cc3c(-c4nc5c(N6CCCCC6)cccc5[nH]4)n[nH]c3cn2)c1. The van der Waals surface area contributed by atoms with Crippen molar-refractivity contribution < 1.29 is 4.79 Å². The maximum Gasteiger partial charge on any atom is 0.224 e. The maximum atomic E-state index is 12.0. The molecule has 9 heteroatoms. The minimum Gasteiger partial charge on any atom is -0.370 e. The van der Waals surface area contributed by atoms with E-state index in [1.165, 1.54) is 24.9 Å². The lowest BCUT2D eigenvalue weighted by molar-refractivity contribution is -0.116. The van der Waals surface area contributed by atoms with Crippen LogP contribution in [0.2, 0.25) is 0 Å². The van der Waals surface area contributed by atoms with E-state index in [0.717, 1.165) is 64.2 Å². The van der Waals surface area contributed by atoms with E-state index in [1.807, 2.05) is 19.1 Å². The number of para-hydroxylation sites is 1. The number of rotatable bonds is 6. The molecular formula is C27H28N8O. The summed E-state index contributed by atoms with van der Waals surface area (Å²) >= 11 is 0. The lowest BCUT2D eigenvalue weighted by atomic mass is 10.1. The molecular weight excluding hydrogens is 452 g/mol. The molecule has 0 atom stereocenters. The highest BCUT2D eigenvalue weighted by molar-refractivity contribution is 5.97. The van der Waals surface area contributed by atoms with Gasteiger partial charge in [0.1, 0.15) is 11.2 Å². The molecule has 5 heterocycles. The first-order valence-electron chi connectivity index (χ1n) is 12.5. The molecule has 4 aromatic heterocycles. The second-order valence-electron chi connectivity index (χ2n) is 9.25. The molecule has 1 saturated heterocycles. The van der Waals surface area contributed by atoms with Gasteiger partial charge in [-0.2, -0.15) is 5.10 Å². The number of hydrogen-bond donors (Lipinski definition) is 3. The number of aromatic amines is 2. The van der Waals surface area contributed by atoms with Crippen LogP contribution in [0.5, 0.6) is 0 Å². The Bertz CT molecular complexity index is 1550. The van der Waals surface area contributed by atoms with Crippen molar-refractivity contribution in [2.45, 2.75) is 39.0 Å². The number of piperidine rings is 1. The lowest BCUT2D eigenvalue weighted by Gasteiger charge is -2.28. The molecule has 9 nitrogen and oxygen atoms in total. The molecule has 0 spiro atoms. The van der Waals surface area contributed by atoms with Gasteiger partial charge < -0.3 is 15.2 Å². The van der Waals surface area contributed by atoms with E-state index in [1.54, 1.807) is 18.6 Å². The predicted molar refractivity (Wildman–Crippen MR) is 142 cm³/mol. The predicted octanol–water partition coefficient (Wildman–Crippen LogP) is 5.29. The summed E-state index contributed by atoms with van der Waals surface area (Å²) in [6.45, 7) is 4.10. The Morgan fingerprint density at radius 2 is 1.97 bits per heavy atom. The van der Waals surface area contributed by atoms with Crippen LogP contribution in [-0.2, 0) is 4.79 Å². The van der Waals surface area contributed by atoms with Crippen LogP contribution in [-0.4, -0.2) is 49.1 Å². The van der Waals surface area contributed by atoms with E-state index in [9.17, 15) is 4.79 Å². The molecule has 1 fully saturated rings. The lowest BCUT2D eigenvalue weighted by Crippen LogP contribution is -2.29. The molecule has 0 aliphatic carbocycles. The zero-order valence-electron chi connectivity index (χ0n) is 20.2. The summed E-state index contributed by atoms with van der Waals surface area (Å²) < 4.78 is 0. The maximum absolute atomic E-state index is 12.0. The summed E-state index contributed by atoms with van der Waals surface area (Å²) in [5.41, 5.74) is 6.93. The molecule has 0 saturated carbocycles. The van der Waals surface area contributed by atoms with Crippen molar-refractivity contribution in [2.75, 3.05) is 23.3 Å². The average molecular weight is 481 g/mol. The minimum absolute atomic E-state index is 0.0224. The Morgan fingerprint density at radius 1 is 1.08 bits per heavy atom. The van der Waals surface area contributed by atoms with Gasteiger partial charge in [0.25, 0.3) is 0 Å². The molecule has 3 N–H and O–H groups in total. The molecule has 0 radical (unpaired) electrons. The van der Waals surface area contributed by atoms with Gasteiger partial charge in [0.05, 0.1) is 40.5 Å². The van der Waals surface area contributed by atoms with E-state index in [-0.39, 0.29) is 5.91 Å². The summed E-state index contributed by atoms with van der Waals surface area (Å²) in [5.74, 6) is 0.697. The van der Waals surface area contributed by atoms with E-state index >= 15 is 0 Å². The third-order valence-electron chi connectivity index (χ3n) is 6.65. The van der Waals surface area contributed by atoms with E-state index in [4.69, 9.17) is 4.98 Å². The van der Waals surface area contributed by atoms with Crippen LogP contribution in [0.4, 0.5) is 11.4 Å². The van der Waals surface area contributed by atoms with Crippen LogP contribution in [0, 0.1) is 0 Å². The van der Waals surface area contributed by atoms with Gasteiger partial charge in [0, 0.05) is 36.7 Å². The van der Waals surface area contributed by atoms with Gasteiger partial charge in [0.15, 0.2) is 5.82 Å². The number of nitrogens with one attached hydrogen (secondary N) is 3. The van der Waals surface area contributed by atoms with Crippen molar-refractivity contribution in [3.05, 3.63) is 48.9 Å².